The molecule has 18 heavy (non-hydrogen) atoms. The smallest absolute Gasteiger partial charge is 0.123 e. The summed E-state index contributed by atoms with van der Waals surface area (Å²) >= 11 is 0. The third-order valence-corrected chi connectivity index (χ3v) is 2.70. The van der Waals surface area contributed by atoms with Crippen LogP contribution in [0.3, 0.4) is 0 Å². The van der Waals surface area contributed by atoms with Crippen LogP contribution in [0.5, 0.6) is 0 Å². The fraction of sp³-hybridized carbons (Fsp3) is 0.133. The number of halogens is 2. The quantitative estimate of drug-likeness (QED) is 0.874. The highest BCUT2D eigenvalue weighted by molar-refractivity contribution is 5.25. The molecule has 0 unspecified atom stereocenters. The first-order valence-corrected chi connectivity index (χ1v) is 5.67. The normalized spacial score (nSPS) is 12.4. The fourth-order valence-electron chi connectivity index (χ4n) is 1.67. The van der Waals surface area contributed by atoms with E-state index in [0.29, 0.717) is 12.0 Å². The van der Waals surface area contributed by atoms with Crippen molar-refractivity contribution >= 4 is 0 Å². The molecule has 2 aromatic carbocycles. The monoisotopic (exact) mass is 247 g/mol. The third kappa shape index (κ3) is 3.37. The average Bonchev–Trinajstić information content (AvgIpc) is 2.38. The van der Waals surface area contributed by atoms with Crippen molar-refractivity contribution < 1.29 is 13.9 Å². The molecule has 0 aliphatic heterocycles. The number of aliphatic hydroxyl groups excluding tert-OH is 1. The third-order valence-electron chi connectivity index (χ3n) is 2.70. The molecule has 0 spiro atoms. The van der Waals surface area contributed by atoms with Gasteiger partial charge < -0.3 is 5.11 Å². The van der Waals surface area contributed by atoms with E-state index in [1.165, 1.54) is 24.3 Å². The highest BCUT2D eigenvalue weighted by Gasteiger charge is 2.08. The van der Waals surface area contributed by atoms with Crippen molar-refractivity contribution in [3.05, 3.63) is 77.7 Å². The lowest BCUT2D eigenvalue weighted by molar-refractivity contribution is 0.178. The molecule has 1 nitrogen and oxygen atoms in total. The molecule has 0 heterocycles. The van der Waals surface area contributed by atoms with Crippen LogP contribution in [0.2, 0.25) is 0 Å². The maximum Gasteiger partial charge on any atom is 0.123 e. The first kappa shape index (κ1) is 12.7. The van der Waals surface area contributed by atoms with E-state index < -0.39 is 6.10 Å². The topological polar surface area (TPSA) is 20.2 Å². The van der Waals surface area contributed by atoms with Crippen LogP contribution in [-0.4, -0.2) is 5.11 Å². The molecule has 0 saturated heterocycles. The lowest BCUT2D eigenvalue weighted by atomic mass is 10.0. The minimum atomic E-state index is -0.685. The standard InChI is InChI=1S/C15H13F2O/c16-13-6-1-11(2-7-13)3-10-15(18)12-4-8-14(17)9-5-12/h1-9,15,18H,10H2/t15-/m0/s1. The Kier molecular flexibility index (Phi) is 4.05. The average molecular weight is 247 g/mol. The minimum absolute atomic E-state index is 0.286. The van der Waals surface area contributed by atoms with Gasteiger partial charge >= 0.3 is 0 Å². The van der Waals surface area contributed by atoms with Gasteiger partial charge in [-0.2, -0.15) is 0 Å². The number of benzene rings is 2. The van der Waals surface area contributed by atoms with Crippen LogP contribution in [0.4, 0.5) is 8.78 Å². The molecule has 3 heteroatoms. The van der Waals surface area contributed by atoms with Crippen molar-refractivity contribution in [3.8, 4) is 0 Å². The summed E-state index contributed by atoms with van der Waals surface area (Å²) in [5.41, 5.74) is 1.51. The van der Waals surface area contributed by atoms with Gasteiger partial charge in [0.25, 0.3) is 0 Å². The summed E-state index contributed by atoms with van der Waals surface area (Å²) < 4.78 is 25.4. The van der Waals surface area contributed by atoms with E-state index in [9.17, 15) is 13.9 Å². The second-order valence-corrected chi connectivity index (χ2v) is 4.06. The molecule has 0 saturated carbocycles. The van der Waals surface area contributed by atoms with Crippen molar-refractivity contribution in [3.63, 3.8) is 0 Å². The molecular formula is C15H13F2O. The van der Waals surface area contributed by atoms with Crippen LogP contribution in [0, 0.1) is 18.1 Å². The van der Waals surface area contributed by atoms with Crippen molar-refractivity contribution in [2.75, 3.05) is 0 Å². The zero-order valence-corrected chi connectivity index (χ0v) is 9.68. The van der Waals surface area contributed by atoms with E-state index in [1.807, 2.05) is 6.42 Å². The summed E-state index contributed by atoms with van der Waals surface area (Å²) in [7, 11) is 0. The number of aliphatic hydroxyl groups is 1. The number of hydrogen-bond donors (Lipinski definition) is 1. The van der Waals surface area contributed by atoms with Gasteiger partial charge in [-0.25, -0.2) is 8.78 Å². The van der Waals surface area contributed by atoms with Crippen LogP contribution < -0.4 is 0 Å². The molecule has 1 radical (unpaired) electrons. The summed E-state index contributed by atoms with van der Waals surface area (Å²) in [6.45, 7) is 0. The largest absolute Gasteiger partial charge is 0.388 e. The summed E-state index contributed by atoms with van der Waals surface area (Å²) in [6, 6.07) is 11.8. The van der Waals surface area contributed by atoms with Crippen molar-refractivity contribution in [1.29, 1.82) is 0 Å². The van der Waals surface area contributed by atoms with Gasteiger partial charge in [0, 0.05) is 0 Å². The van der Waals surface area contributed by atoms with Gasteiger partial charge in [0.05, 0.1) is 6.10 Å². The Balaban J connectivity index is 1.93. The van der Waals surface area contributed by atoms with Crippen LogP contribution in [0.1, 0.15) is 23.7 Å². The molecule has 0 fully saturated rings. The fourth-order valence-corrected chi connectivity index (χ4v) is 1.67. The Hall–Kier alpha value is -1.74. The zero-order chi connectivity index (χ0) is 13.0. The van der Waals surface area contributed by atoms with E-state index in [2.05, 4.69) is 0 Å². The van der Waals surface area contributed by atoms with Gasteiger partial charge in [-0.15, -0.1) is 0 Å². The maximum absolute atomic E-state index is 12.7. The highest BCUT2D eigenvalue weighted by atomic mass is 19.1. The molecule has 93 valence electrons. The Labute approximate surface area is 105 Å². The predicted molar refractivity (Wildman–Crippen MR) is 65.8 cm³/mol. The number of rotatable bonds is 4. The first-order chi connectivity index (χ1) is 8.65. The van der Waals surface area contributed by atoms with Crippen molar-refractivity contribution in [1.82, 2.24) is 0 Å². The van der Waals surface area contributed by atoms with Crippen LogP contribution in [0.25, 0.3) is 0 Å². The van der Waals surface area contributed by atoms with Gasteiger partial charge in [-0.3, -0.25) is 0 Å². The molecular weight excluding hydrogens is 234 g/mol. The van der Waals surface area contributed by atoms with Crippen LogP contribution in [0.15, 0.2) is 48.5 Å². The van der Waals surface area contributed by atoms with E-state index in [1.54, 1.807) is 24.3 Å². The Morgan fingerprint density at radius 3 is 1.94 bits per heavy atom. The van der Waals surface area contributed by atoms with Crippen molar-refractivity contribution in [2.24, 2.45) is 0 Å². The Bertz CT molecular complexity index is 491. The summed E-state index contributed by atoms with van der Waals surface area (Å²) in [5, 5.41) is 9.90. The SMILES string of the molecule is O[C@@H](C[CH]c1ccc(F)cc1)c1ccc(F)cc1. The molecule has 2 rings (SSSR count). The van der Waals surface area contributed by atoms with Gasteiger partial charge in [0.2, 0.25) is 0 Å². The molecule has 1 atom stereocenters. The second-order valence-electron chi connectivity index (χ2n) is 4.06. The summed E-state index contributed by atoms with van der Waals surface area (Å²) in [5.74, 6) is -0.611. The molecule has 0 aliphatic carbocycles. The van der Waals surface area contributed by atoms with Crippen LogP contribution >= 0.6 is 0 Å². The number of hydrogen-bond acceptors (Lipinski definition) is 1. The van der Waals surface area contributed by atoms with Crippen molar-refractivity contribution in [2.45, 2.75) is 12.5 Å². The molecule has 1 N–H and O–H groups in total. The zero-order valence-electron chi connectivity index (χ0n) is 9.68. The lowest BCUT2D eigenvalue weighted by Gasteiger charge is -2.10. The second kappa shape index (κ2) is 5.74. The predicted octanol–water partition coefficient (Wildman–Crippen LogP) is 3.64. The Morgan fingerprint density at radius 1 is 0.889 bits per heavy atom. The van der Waals surface area contributed by atoms with Gasteiger partial charge in [-0.05, 0) is 48.2 Å². The lowest BCUT2D eigenvalue weighted by Crippen LogP contribution is -1.98. The van der Waals surface area contributed by atoms with Gasteiger partial charge in [0.1, 0.15) is 11.6 Å². The first-order valence-electron chi connectivity index (χ1n) is 5.67. The van der Waals surface area contributed by atoms with E-state index in [4.69, 9.17) is 0 Å². The minimum Gasteiger partial charge on any atom is -0.388 e. The van der Waals surface area contributed by atoms with E-state index >= 15 is 0 Å². The van der Waals surface area contributed by atoms with Gasteiger partial charge in [0.15, 0.2) is 0 Å². The molecule has 0 aliphatic rings. The van der Waals surface area contributed by atoms with E-state index in [-0.39, 0.29) is 11.6 Å². The summed E-state index contributed by atoms with van der Waals surface area (Å²) in [4.78, 5) is 0. The van der Waals surface area contributed by atoms with Crippen LogP contribution in [-0.2, 0) is 0 Å². The highest BCUT2D eigenvalue weighted by Crippen LogP contribution is 2.20. The molecule has 2 aromatic rings. The molecule has 0 aromatic heterocycles. The maximum atomic E-state index is 12.7. The summed E-state index contributed by atoms with van der Waals surface area (Å²) in [6.07, 6.45) is 1.53. The molecule has 0 amide bonds. The molecule has 0 bridgehead atoms. The Morgan fingerprint density at radius 2 is 1.39 bits per heavy atom. The van der Waals surface area contributed by atoms with Gasteiger partial charge in [-0.1, -0.05) is 24.3 Å². The van der Waals surface area contributed by atoms with E-state index in [0.717, 1.165) is 5.56 Å².